The SMILES string of the molecule is O=[N+]([O-])c1cccc(COc2cccc(-c3noc(-c4ccc(Cl)cc4)n3)c2)c1. The molecule has 0 N–H and O–H groups in total. The lowest BCUT2D eigenvalue weighted by molar-refractivity contribution is -0.384. The van der Waals surface area contributed by atoms with Gasteiger partial charge in [-0.3, -0.25) is 10.1 Å². The Labute approximate surface area is 170 Å². The molecule has 4 aromatic rings. The third-order valence-corrected chi connectivity index (χ3v) is 4.39. The molecule has 1 heterocycles. The largest absolute Gasteiger partial charge is 0.489 e. The molecule has 0 bridgehead atoms. The van der Waals surface area contributed by atoms with E-state index in [1.165, 1.54) is 12.1 Å². The first-order valence-electron chi connectivity index (χ1n) is 8.65. The minimum Gasteiger partial charge on any atom is -0.489 e. The maximum atomic E-state index is 10.9. The van der Waals surface area contributed by atoms with Gasteiger partial charge in [-0.1, -0.05) is 41.0 Å². The van der Waals surface area contributed by atoms with Crippen LogP contribution in [0.1, 0.15) is 5.56 Å². The van der Waals surface area contributed by atoms with Gasteiger partial charge in [-0.25, -0.2) is 0 Å². The maximum absolute atomic E-state index is 10.9. The van der Waals surface area contributed by atoms with Crippen LogP contribution in [0.15, 0.2) is 77.3 Å². The Morgan fingerprint density at radius 3 is 2.59 bits per heavy atom. The second-order valence-electron chi connectivity index (χ2n) is 6.17. The van der Waals surface area contributed by atoms with Crippen molar-refractivity contribution < 1.29 is 14.2 Å². The monoisotopic (exact) mass is 407 g/mol. The summed E-state index contributed by atoms with van der Waals surface area (Å²) in [5.41, 5.74) is 2.23. The standard InChI is InChI=1S/C21H14ClN3O4/c22-17-9-7-15(8-10-17)21-23-20(24-29-21)16-4-2-6-19(12-16)28-13-14-3-1-5-18(11-14)25(26)27/h1-12H,13H2. The molecule has 1 aromatic heterocycles. The van der Waals surface area contributed by atoms with Crippen LogP contribution in [0.25, 0.3) is 22.8 Å². The lowest BCUT2D eigenvalue weighted by Crippen LogP contribution is -1.97. The van der Waals surface area contributed by atoms with Gasteiger partial charge in [0, 0.05) is 28.3 Å². The molecule has 0 unspecified atom stereocenters. The first-order valence-corrected chi connectivity index (χ1v) is 9.02. The summed E-state index contributed by atoms with van der Waals surface area (Å²) in [6.07, 6.45) is 0. The third-order valence-electron chi connectivity index (χ3n) is 4.14. The summed E-state index contributed by atoms with van der Waals surface area (Å²) in [7, 11) is 0. The van der Waals surface area contributed by atoms with E-state index in [4.69, 9.17) is 20.9 Å². The second kappa shape index (κ2) is 8.12. The summed E-state index contributed by atoms with van der Waals surface area (Å²) in [5.74, 6) is 1.40. The Hall–Kier alpha value is -3.71. The normalized spacial score (nSPS) is 10.7. The van der Waals surface area contributed by atoms with Crippen molar-refractivity contribution in [1.29, 1.82) is 0 Å². The van der Waals surface area contributed by atoms with E-state index < -0.39 is 4.92 Å². The zero-order chi connectivity index (χ0) is 20.2. The van der Waals surface area contributed by atoms with Crippen LogP contribution in [0.5, 0.6) is 5.75 Å². The molecule has 29 heavy (non-hydrogen) atoms. The predicted octanol–water partition coefficient (Wildman–Crippen LogP) is 5.54. The molecule has 0 aliphatic rings. The highest BCUT2D eigenvalue weighted by atomic mass is 35.5. The molecule has 0 saturated heterocycles. The molecule has 3 aromatic carbocycles. The molecule has 0 aliphatic heterocycles. The van der Waals surface area contributed by atoms with E-state index >= 15 is 0 Å². The average molecular weight is 408 g/mol. The highest BCUT2D eigenvalue weighted by Crippen LogP contribution is 2.26. The fraction of sp³-hybridized carbons (Fsp3) is 0.0476. The van der Waals surface area contributed by atoms with Crippen LogP contribution in [0.3, 0.4) is 0 Å². The number of halogens is 1. The molecule has 0 aliphatic carbocycles. The van der Waals surface area contributed by atoms with Crippen LogP contribution >= 0.6 is 11.6 Å². The summed E-state index contributed by atoms with van der Waals surface area (Å²) < 4.78 is 11.1. The van der Waals surface area contributed by atoms with Gasteiger partial charge >= 0.3 is 0 Å². The topological polar surface area (TPSA) is 91.3 Å². The van der Waals surface area contributed by atoms with E-state index in [0.29, 0.717) is 28.1 Å². The van der Waals surface area contributed by atoms with Gasteiger partial charge in [0.2, 0.25) is 5.82 Å². The van der Waals surface area contributed by atoms with Gasteiger partial charge in [-0.2, -0.15) is 4.98 Å². The molecule has 8 heteroatoms. The maximum Gasteiger partial charge on any atom is 0.269 e. The fourth-order valence-electron chi connectivity index (χ4n) is 2.70. The van der Waals surface area contributed by atoms with Crippen molar-refractivity contribution in [3.8, 4) is 28.6 Å². The molecule has 0 radical (unpaired) electrons. The van der Waals surface area contributed by atoms with Crippen molar-refractivity contribution in [2.24, 2.45) is 0 Å². The summed E-state index contributed by atoms with van der Waals surface area (Å²) >= 11 is 5.90. The smallest absolute Gasteiger partial charge is 0.269 e. The number of rotatable bonds is 6. The van der Waals surface area contributed by atoms with Crippen molar-refractivity contribution in [2.45, 2.75) is 6.61 Å². The number of nitro groups is 1. The van der Waals surface area contributed by atoms with Gasteiger partial charge in [0.15, 0.2) is 0 Å². The molecule has 0 saturated carbocycles. The molecule has 0 amide bonds. The van der Waals surface area contributed by atoms with Crippen LogP contribution in [0.4, 0.5) is 5.69 Å². The summed E-state index contributed by atoms with van der Waals surface area (Å²) in [6, 6.07) is 20.7. The number of hydrogen-bond acceptors (Lipinski definition) is 6. The highest BCUT2D eigenvalue weighted by molar-refractivity contribution is 6.30. The van der Waals surface area contributed by atoms with Gasteiger partial charge in [0.25, 0.3) is 11.6 Å². The summed E-state index contributed by atoms with van der Waals surface area (Å²) in [5, 5.41) is 15.5. The third kappa shape index (κ3) is 4.41. The minimum absolute atomic E-state index is 0.0291. The Morgan fingerprint density at radius 1 is 1.00 bits per heavy atom. The van der Waals surface area contributed by atoms with E-state index in [-0.39, 0.29) is 12.3 Å². The van der Waals surface area contributed by atoms with Crippen molar-refractivity contribution in [2.75, 3.05) is 0 Å². The molecule has 0 fully saturated rings. The van der Waals surface area contributed by atoms with E-state index in [0.717, 1.165) is 11.1 Å². The zero-order valence-electron chi connectivity index (χ0n) is 15.0. The van der Waals surface area contributed by atoms with Crippen LogP contribution in [0, 0.1) is 10.1 Å². The van der Waals surface area contributed by atoms with Crippen molar-refractivity contribution in [3.05, 3.63) is 93.5 Å². The molecular formula is C21H14ClN3O4. The van der Waals surface area contributed by atoms with E-state index in [1.807, 2.05) is 12.1 Å². The van der Waals surface area contributed by atoms with Crippen LogP contribution < -0.4 is 4.74 Å². The number of ether oxygens (including phenoxy) is 1. The minimum atomic E-state index is -0.432. The van der Waals surface area contributed by atoms with Gasteiger partial charge in [0.05, 0.1) is 4.92 Å². The Bertz CT molecular complexity index is 1160. The number of nitrogens with zero attached hydrogens (tertiary/aromatic N) is 3. The number of hydrogen-bond donors (Lipinski definition) is 0. The van der Waals surface area contributed by atoms with E-state index in [2.05, 4.69) is 10.1 Å². The van der Waals surface area contributed by atoms with Gasteiger partial charge in [-0.15, -0.1) is 0 Å². The van der Waals surface area contributed by atoms with Gasteiger partial charge < -0.3 is 9.26 Å². The molecular weight excluding hydrogens is 394 g/mol. The zero-order valence-corrected chi connectivity index (χ0v) is 15.7. The lowest BCUT2D eigenvalue weighted by atomic mass is 10.2. The highest BCUT2D eigenvalue weighted by Gasteiger charge is 2.12. The van der Waals surface area contributed by atoms with Crippen LogP contribution in [-0.4, -0.2) is 15.1 Å². The molecule has 4 rings (SSSR count). The molecule has 144 valence electrons. The van der Waals surface area contributed by atoms with Crippen LogP contribution in [-0.2, 0) is 6.61 Å². The van der Waals surface area contributed by atoms with Gasteiger partial charge in [0.1, 0.15) is 12.4 Å². The summed E-state index contributed by atoms with van der Waals surface area (Å²) in [6.45, 7) is 0.202. The van der Waals surface area contributed by atoms with Crippen molar-refractivity contribution in [1.82, 2.24) is 10.1 Å². The average Bonchev–Trinajstić information content (AvgIpc) is 3.23. The first kappa shape index (κ1) is 18.6. The number of non-ortho nitro benzene ring substituents is 1. The van der Waals surface area contributed by atoms with E-state index in [1.54, 1.807) is 48.5 Å². The number of nitro benzene ring substituents is 1. The van der Waals surface area contributed by atoms with Gasteiger partial charge in [-0.05, 0) is 42.0 Å². The Balaban J connectivity index is 1.50. The fourth-order valence-corrected chi connectivity index (χ4v) is 2.83. The van der Waals surface area contributed by atoms with Crippen molar-refractivity contribution in [3.63, 3.8) is 0 Å². The van der Waals surface area contributed by atoms with Crippen LogP contribution in [0.2, 0.25) is 5.02 Å². The summed E-state index contributed by atoms with van der Waals surface area (Å²) in [4.78, 5) is 14.9. The Morgan fingerprint density at radius 2 is 1.79 bits per heavy atom. The molecule has 0 spiro atoms. The first-order chi connectivity index (χ1) is 14.1. The number of aromatic nitrogens is 2. The predicted molar refractivity (Wildman–Crippen MR) is 108 cm³/mol. The Kier molecular flexibility index (Phi) is 5.22. The second-order valence-corrected chi connectivity index (χ2v) is 6.61. The lowest BCUT2D eigenvalue weighted by Gasteiger charge is -2.07. The van der Waals surface area contributed by atoms with E-state index in [9.17, 15) is 10.1 Å². The van der Waals surface area contributed by atoms with Crippen molar-refractivity contribution >= 4 is 17.3 Å². The number of benzene rings is 3. The molecule has 0 atom stereocenters. The molecule has 7 nitrogen and oxygen atoms in total. The quantitative estimate of drug-likeness (QED) is 0.307.